The highest BCUT2D eigenvalue weighted by Crippen LogP contribution is 2.37. The highest BCUT2D eigenvalue weighted by molar-refractivity contribution is 7.07. The number of thiazole rings is 1. The van der Waals surface area contributed by atoms with Gasteiger partial charge in [-0.15, -0.1) is 6.58 Å². The number of fused-ring (bicyclic) bond motifs is 1. The van der Waals surface area contributed by atoms with Gasteiger partial charge in [0.25, 0.3) is 5.56 Å². The second-order valence-corrected chi connectivity index (χ2v) is 10.7. The first kappa shape index (κ1) is 33.1. The maximum absolute atomic E-state index is 14.1. The van der Waals surface area contributed by atoms with Crippen LogP contribution in [0.15, 0.2) is 64.0 Å². The number of ether oxygens (including phenoxy) is 6. The Hall–Kier alpha value is -4.84. The van der Waals surface area contributed by atoms with Crippen LogP contribution in [0.25, 0.3) is 6.08 Å². The van der Waals surface area contributed by atoms with Gasteiger partial charge in [-0.3, -0.25) is 9.36 Å². The number of aromatic nitrogens is 1. The molecule has 2 heterocycles. The van der Waals surface area contributed by atoms with E-state index >= 15 is 0 Å². The van der Waals surface area contributed by atoms with Crippen LogP contribution in [0, 0.1) is 0 Å². The van der Waals surface area contributed by atoms with Gasteiger partial charge in [0.1, 0.15) is 0 Å². The minimum absolute atomic E-state index is 0.142. The predicted octanol–water partition coefficient (Wildman–Crippen LogP) is 3.49. The topological polar surface area (TPSA) is 124 Å². The van der Waals surface area contributed by atoms with Crippen molar-refractivity contribution in [3.05, 3.63) is 90.6 Å². The van der Waals surface area contributed by atoms with E-state index in [4.69, 9.17) is 23.7 Å². The van der Waals surface area contributed by atoms with Gasteiger partial charge >= 0.3 is 11.9 Å². The van der Waals surface area contributed by atoms with Crippen LogP contribution >= 0.6 is 11.3 Å². The lowest BCUT2D eigenvalue weighted by molar-refractivity contribution is -0.143. The Morgan fingerprint density at radius 1 is 1.02 bits per heavy atom. The van der Waals surface area contributed by atoms with E-state index in [1.807, 2.05) is 13.0 Å². The smallest absolute Gasteiger partial charge is 0.343 e. The zero-order chi connectivity index (χ0) is 32.7. The summed E-state index contributed by atoms with van der Waals surface area (Å²) in [5, 5.41) is 0. The van der Waals surface area contributed by atoms with Gasteiger partial charge in [-0.25, -0.2) is 14.6 Å². The van der Waals surface area contributed by atoms with Crippen molar-refractivity contribution in [3.63, 3.8) is 0 Å². The third-order valence-electron chi connectivity index (χ3n) is 6.91. The van der Waals surface area contributed by atoms with Crippen LogP contribution in [0.3, 0.4) is 0 Å². The van der Waals surface area contributed by atoms with Crippen molar-refractivity contribution in [2.24, 2.45) is 4.99 Å². The van der Waals surface area contributed by atoms with E-state index in [1.54, 1.807) is 64.5 Å². The van der Waals surface area contributed by atoms with Gasteiger partial charge < -0.3 is 28.4 Å². The van der Waals surface area contributed by atoms with Crippen molar-refractivity contribution in [2.45, 2.75) is 33.2 Å². The molecule has 0 aliphatic carbocycles. The van der Waals surface area contributed by atoms with Crippen molar-refractivity contribution in [2.75, 3.05) is 41.2 Å². The molecule has 1 atom stereocenters. The van der Waals surface area contributed by atoms with Crippen LogP contribution in [-0.4, -0.2) is 57.7 Å². The summed E-state index contributed by atoms with van der Waals surface area (Å²) in [5.41, 5.74) is 2.44. The van der Waals surface area contributed by atoms with Gasteiger partial charge in [-0.1, -0.05) is 23.5 Å². The molecule has 0 spiro atoms. The molecule has 1 aliphatic heterocycles. The van der Waals surface area contributed by atoms with Crippen LogP contribution < -0.4 is 33.8 Å². The van der Waals surface area contributed by atoms with Crippen LogP contribution in [-0.2, 0) is 25.5 Å². The average molecular weight is 637 g/mol. The fourth-order valence-electron chi connectivity index (χ4n) is 4.99. The number of hydrogen-bond donors (Lipinski definition) is 0. The van der Waals surface area contributed by atoms with E-state index in [0.717, 1.165) is 11.1 Å². The molecule has 1 aromatic heterocycles. The lowest BCUT2D eigenvalue weighted by Gasteiger charge is -2.25. The number of rotatable bonds is 13. The molecule has 0 saturated carbocycles. The van der Waals surface area contributed by atoms with Gasteiger partial charge in [0, 0.05) is 5.56 Å². The SMILES string of the molecule is C=CCc1cc(/C=c2\sc3n(c2=O)[C@@H](c2ccc(OCC(=O)OC)c(OCC)c2)C(C(=O)OCC)=C(C)N=3)cc(OC)c1OC. The number of allylic oxidation sites excluding steroid dienone is 2. The quantitative estimate of drug-likeness (QED) is 0.205. The minimum Gasteiger partial charge on any atom is -0.493 e. The molecule has 1 aliphatic rings. The van der Waals surface area contributed by atoms with Gasteiger partial charge in [-0.05, 0) is 68.7 Å². The Morgan fingerprint density at radius 2 is 1.80 bits per heavy atom. The summed E-state index contributed by atoms with van der Waals surface area (Å²) >= 11 is 1.20. The Balaban J connectivity index is 1.92. The highest BCUT2D eigenvalue weighted by Gasteiger charge is 2.34. The first-order chi connectivity index (χ1) is 21.7. The predicted molar refractivity (Wildman–Crippen MR) is 169 cm³/mol. The standard InChI is InChI=1S/C33H36N2O9S/c1-8-11-22-14-20(15-25(39-5)30(22)41-7)16-26-31(37)35-29(28(32(38)43-10-3)19(4)34-33(35)45-26)21-12-13-23(24(17-21)42-9-2)44-18-27(36)40-6/h8,12-17,29H,1,9-11,18H2,2-7H3/b26-16-/t29-/m0/s1. The van der Waals surface area contributed by atoms with E-state index in [0.29, 0.717) is 56.6 Å². The Labute approximate surface area is 264 Å². The first-order valence-electron chi connectivity index (χ1n) is 14.2. The maximum atomic E-state index is 14.1. The lowest BCUT2D eigenvalue weighted by atomic mass is 9.95. The van der Waals surface area contributed by atoms with Crippen LogP contribution in [0.1, 0.15) is 43.5 Å². The third kappa shape index (κ3) is 6.96. The fourth-order valence-corrected chi connectivity index (χ4v) is 6.04. The molecule has 0 fully saturated rings. The van der Waals surface area contributed by atoms with E-state index in [9.17, 15) is 14.4 Å². The average Bonchev–Trinajstić information content (AvgIpc) is 3.33. The number of esters is 2. The van der Waals surface area contributed by atoms with Gasteiger partial charge in [0.2, 0.25) is 0 Å². The summed E-state index contributed by atoms with van der Waals surface area (Å²) in [6.07, 6.45) is 4.05. The Bertz CT molecular complexity index is 1820. The molecule has 0 radical (unpaired) electrons. The lowest BCUT2D eigenvalue weighted by Crippen LogP contribution is -2.40. The number of carbonyl (C=O) groups is 2. The highest BCUT2D eigenvalue weighted by atomic mass is 32.1. The second-order valence-electron chi connectivity index (χ2n) is 9.71. The minimum atomic E-state index is -0.877. The zero-order valence-corrected chi connectivity index (χ0v) is 26.9. The number of carbonyl (C=O) groups excluding carboxylic acids is 2. The molecule has 12 heteroatoms. The molecule has 3 aromatic rings. The van der Waals surface area contributed by atoms with Crippen LogP contribution in [0.5, 0.6) is 23.0 Å². The summed E-state index contributed by atoms with van der Waals surface area (Å²) < 4.78 is 34.5. The summed E-state index contributed by atoms with van der Waals surface area (Å²) in [4.78, 5) is 44.2. The number of benzene rings is 2. The normalized spacial score (nSPS) is 14.3. The van der Waals surface area contributed by atoms with Crippen molar-refractivity contribution in [1.82, 2.24) is 4.57 Å². The molecule has 45 heavy (non-hydrogen) atoms. The molecule has 0 N–H and O–H groups in total. The largest absolute Gasteiger partial charge is 0.493 e. The van der Waals surface area contributed by atoms with Gasteiger partial charge in [0.15, 0.2) is 34.4 Å². The van der Waals surface area contributed by atoms with Gasteiger partial charge in [-0.2, -0.15) is 0 Å². The van der Waals surface area contributed by atoms with Crippen molar-refractivity contribution in [3.8, 4) is 23.0 Å². The molecule has 2 aromatic carbocycles. The molecule has 0 bridgehead atoms. The number of nitrogens with zero attached hydrogens (tertiary/aromatic N) is 2. The van der Waals surface area contributed by atoms with Crippen LogP contribution in [0.4, 0.5) is 0 Å². The number of methoxy groups -OCH3 is 3. The van der Waals surface area contributed by atoms with Crippen molar-refractivity contribution in [1.29, 1.82) is 0 Å². The van der Waals surface area contributed by atoms with Crippen LogP contribution in [0.2, 0.25) is 0 Å². The number of hydrogen-bond acceptors (Lipinski definition) is 11. The van der Waals surface area contributed by atoms with E-state index < -0.39 is 18.0 Å². The summed E-state index contributed by atoms with van der Waals surface area (Å²) in [6.45, 7) is 9.19. The van der Waals surface area contributed by atoms with E-state index in [-0.39, 0.29) is 24.3 Å². The van der Waals surface area contributed by atoms with Crippen molar-refractivity contribution < 1.29 is 38.0 Å². The molecule has 11 nitrogen and oxygen atoms in total. The van der Waals surface area contributed by atoms with Crippen molar-refractivity contribution >= 4 is 29.4 Å². The van der Waals surface area contributed by atoms with Gasteiger partial charge in [0.05, 0.1) is 56.4 Å². The van der Waals surface area contributed by atoms with E-state index in [2.05, 4.69) is 16.3 Å². The van der Waals surface area contributed by atoms with E-state index in [1.165, 1.54) is 23.0 Å². The molecule has 0 unspecified atom stereocenters. The first-order valence-corrected chi connectivity index (χ1v) is 15.0. The zero-order valence-electron chi connectivity index (χ0n) is 26.1. The second kappa shape index (κ2) is 14.8. The molecule has 238 valence electrons. The Morgan fingerprint density at radius 3 is 2.44 bits per heavy atom. The molecular formula is C33H36N2O9S. The monoisotopic (exact) mass is 636 g/mol. The Kier molecular flexibility index (Phi) is 10.8. The molecule has 0 saturated heterocycles. The third-order valence-corrected chi connectivity index (χ3v) is 7.90. The summed E-state index contributed by atoms with van der Waals surface area (Å²) in [5.74, 6) is 0.611. The molecular weight excluding hydrogens is 600 g/mol. The fraction of sp³-hybridized carbons (Fsp3) is 0.333. The maximum Gasteiger partial charge on any atom is 0.343 e. The molecule has 4 rings (SSSR count). The summed E-state index contributed by atoms with van der Waals surface area (Å²) in [6, 6.07) is 7.85. The molecule has 0 amide bonds. The summed E-state index contributed by atoms with van der Waals surface area (Å²) in [7, 11) is 4.39.